The van der Waals surface area contributed by atoms with E-state index < -0.39 is 5.97 Å². The molecule has 2 aromatic carbocycles. The van der Waals surface area contributed by atoms with Crippen LogP contribution in [0.5, 0.6) is 5.75 Å². The Morgan fingerprint density at radius 1 is 1.08 bits per heavy atom. The lowest BCUT2D eigenvalue weighted by atomic mass is 9.94. The van der Waals surface area contributed by atoms with Gasteiger partial charge in [0.05, 0.1) is 33.3 Å². The molecule has 0 radical (unpaired) electrons. The van der Waals surface area contributed by atoms with E-state index in [-0.39, 0.29) is 5.57 Å². The average Bonchev–Trinajstić information content (AvgIpc) is 2.70. The van der Waals surface area contributed by atoms with Crippen LogP contribution in [0, 0.1) is 0 Å². The SMILES string of the molecule is COC=C(C(=O)OC)c1ccccc1C(Cc1cccc(OC)c1)=NO. The van der Waals surface area contributed by atoms with Gasteiger partial charge in [-0.05, 0) is 17.7 Å². The lowest BCUT2D eigenvalue weighted by molar-refractivity contribution is -0.133. The third kappa shape index (κ3) is 4.42. The molecule has 26 heavy (non-hydrogen) atoms. The zero-order valence-corrected chi connectivity index (χ0v) is 14.9. The second-order valence-corrected chi connectivity index (χ2v) is 5.38. The molecule has 2 aromatic rings. The van der Waals surface area contributed by atoms with Gasteiger partial charge in [-0.25, -0.2) is 4.79 Å². The van der Waals surface area contributed by atoms with E-state index in [0.717, 1.165) is 5.56 Å². The van der Waals surface area contributed by atoms with E-state index in [1.54, 1.807) is 31.4 Å². The minimum absolute atomic E-state index is 0.234. The quantitative estimate of drug-likeness (QED) is 0.206. The van der Waals surface area contributed by atoms with Crippen molar-refractivity contribution in [2.75, 3.05) is 21.3 Å². The predicted molar refractivity (Wildman–Crippen MR) is 98.5 cm³/mol. The van der Waals surface area contributed by atoms with Crippen molar-refractivity contribution in [1.29, 1.82) is 0 Å². The highest BCUT2D eigenvalue weighted by Crippen LogP contribution is 2.23. The summed E-state index contributed by atoms with van der Waals surface area (Å²) in [4.78, 5) is 12.1. The Morgan fingerprint density at radius 2 is 1.81 bits per heavy atom. The van der Waals surface area contributed by atoms with Gasteiger partial charge in [0.2, 0.25) is 0 Å². The number of oxime groups is 1. The van der Waals surface area contributed by atoms with E-state index in [1.807, 2.05) is 24.3 Å². The molecule has 1 N–H and O–H groups in total. The van der Waals surface area contributed by atoms with Crippen LogP contribution in [0.2, 0.25) is 0 Å². The molecule has 0 aliphatic rings. The van der Waals surface area contributed by atoms with Crippen molar-refractivity contribution in [2.45, 2.75) is 6.42 Å². The summed E-state index contributed by atoms with van der Waals surface area (Å²) in [6.07, 6.45) is 1.66. The van der Waals surface area contributed by atoms with Crippen LogP contribution in [-0.2, 0) is 20.7 Å². The van der Waals surface area contributed by atoms with Crippen molar-refractivity contribution in [1.82, 2.24) is 0 Å². The Morgan fingerprint density at radius 3 is 2.42 bits per heavy atom. The zero-order chi connectivity index (χ0) is 18.9. The second kappa shape index (κ2) is 9.27. The van der Waals surface area contributed by atoms with Gasteiger partial charge >= 0.3 is 5.97 Å². The van der Waals surface area contributed by atoms with Crippen molar-refractivity contribution in [2.24, 2.45) is 5.16 Å². The molecule has 0 aliphatic heterocycles. The first-order chi connectivity index (χ1) is 12.6. The molecule has 136 valence electrons. The molecule has 0 saturated heterocycles. The number of carbonyl (C=O) groups excluding carboxylic acids is 1. The first-order valence-corrected chi connectivity index (χ1v) is 7.89. The van der Waals surface area contributed by atoms with Gasteiger partial charge < -0.3 is 19.4 Å². The minimum Gasteiger partial charge on any atom is -0.503 e. The first kappa shape index (κ1) is 19.1. The van der Waals surface area contributed by atoms with Gasteiger partial charge in [-0.2, -0.15) is 0 Å². The Hall–Kier alpha value is -3.28. The number of nitrogens with zero attached hydrogens (tertiary/aromatic N) is 1. The molecule has 0 fully saturated rings. The Labute approximate surface area is 152 Å². The normalized spacial score (nSPS) is 11.8. The smallest absolute Gasteiger partial charge is 0.341 e. The van der Waals surface area contributed by atoms with Crippen molar-refractivity contribution in [3.63, 3.8) is 0 Å². The summed E-state index contributed by atoms with van der Waals surface area (Å²) in [5.74, 6) is 0.167. The summed E-state index contributed by atoms with van der Waals surface area (Å²) in [5.41, 5.74) is 2.70. The summed E-state index contributed by atoms with van der Waals surface area (Å²) in [7, 11) is 4.34. The lowest BCUT2D eigenvalue weighted by Crippen LogP contribution is -2.12. The van der Waals surface area contributed by atoms with E-state index in [2.05, 4.69) is 5.16 Å². The fourth-order valence-corrected chi connectivity index (χ4v) is 2.58. The largest absolute Gasteiger partial charge is 0.503 e. The fourth-order valence-electron chi connectivity index (χ4n) is 2.58. The summed E-state index contributed by atoms with van der Waals surface area (Å²) in [6, 6.07) is 14.6. The molecule has 0 atom stereocenters. The summed E-state index contributed by atoms with van der Waals surface area (Å²) >= 11 is 0. The molecule has 0 heterocycles. The monoisotopic (exact) mass is 355 g/mol. The van der Waals surface area contributed by atoms with Crippen LogP contribution in [-0.4, -0.2) is 38.2 Å². The average molecular weight is 355 g/mol. The molecule has 0 aliphatic carbocycles. The van der Waals surface area contributed by atoms with Crippen molar-refractivity contribution < 1.29 is 24.2 Å². The van der Waals surface area contributed by atoms with Gasteiger partial charge in [0.15, 0.2) is 0 Å². The van der Waals surface area contributed by atoms with Crippen molar-refractivity contribution in [3.05, 3.63) is 71.5 Å². The maximum atomic E-state index is 12.1. The highest BCUT2D eigenvalue weighted by atomic mass is 16.5. The second-order valence-electron chi connectivity index (χ2n) is 5.38. The van der Waals surface area contributed by atoms with Gasteiger partial charge in [-0.1, -0.05) is 41.6 Å². The fraction of sp³-hybridized carbons (Fsp3) is 0.200. The van der Waals surface area contributed by atoms with Crippen LogP contribution in [0.3, 0.4) is 0 Å². The number of carbonyl (C=O) groups is 1. The molecule has 2 rings (SSSR count). The number of esters is 1. The third-order valence-corrected chi connectivity index (χ3v) is 3.80. The Bertz CT molecular complexity index is 826. The third-order valence-electron chi connectivity index (χ3n) is 3.80. The predicted octanol–water partition coefficient (Wildman–Crippen LogP) is 3.28. The molecular formula is C20H21NO5. The van der Waals surface area contributed by atoms with Crippen LogP contribution in [0.25, 0.3) is 5.57 Å². The van der Waals surface area contributed by atoms with Crippen LogP contribution >= 0.6 is 0 Å². The van der Waals surface area contributed by atoms with E-state index in [1.165, 1.54) is 20.5 Å². The van der Waals surface area contributed by atoms with Crippen molar-refractivity contribution in [3.8, 4) is 5.75 Å². The molecule has 0 spiro atoms. The maximum Gasteiger partial charge on any atom is 0.341 e. The number of hydrogen-bond donors (Lipinski definition) is 1. The van der Waals surface area contributed by atoms with Crippen LogP contribution in [0.1, 0.15) is 16.7 Å². The highest BCUT2D eigenvalue weighted by Gasteiger charge is 2.20. The van der Waals surface area contributed by atoms with E-state index in [9.17, 15) is 10.0 Å². The number of hydrogen-bond acceptors (Lipinski definition) is 6. The molecular weight excluding hydrogens is 334 g/mol. The number of benzene rings is 2. The number of ether oxygens (including phenoxy) is 3. The topological polar surface area (TPSA) is 77.4 Å². The van der Waals surface area contributed by atoms with Gasteiger partial charge in [0.25, 0.3) is 0 Å². The van der Waals surface area contributed by atoms with Crippen molar-refractivity contribution >= 4 is 17.3 Å². The van der Waals surface area contributed by atoms with Crippen LogP contribution in [0.4, 0.5) is 0 Å². The molecule has 0 aromatic heterocycles. The zero-order valence-electron chi connectivity index (χ0n) is 14.9. The Kier molecular flexibility index (Phi) is 6.79. The van der Waals surface area contributed by atoms with Gasteiger partial charge in [0, 0.05) is 17.5 Å². The lowest BCUT2D eigenvalue weighted by Gasteiger charge is -2.13. The highest BCUT2D eigenvalue weighted by molar-refractivity contribution is 6.19. The number of methoxy groups -OCH3 is 3. The first-order valence-electron chi connectivity index (χ1n) is 7.89. The van der Waals surface area contributed by atoms with Gasteiger partial charge in [-0.3, -0.25) is 0 Å². The van der Waals surface area contributed by atoms with E-state index in [4.69, 9.17) is 14.2 Å². The molecule has 6 heteroatoms. The molecule has 0 amide bonds. The number of rotatable bonds is 7. The molecule has 0 unspecified atom stereocenters. The standard InChI is InChI=1S/C20H21NO5/c1-24-13-18(20(22)26-3)16-9-4-5-10-17(16)19(21-23)12-14-7-6-8-15(11-14)25-2/h4-11,13,23H,12H2,1-3H3. The summed E-state index contributed by atoms with van der Waals surface area (Å²) in [5, 5.41) is 13.0. The molecule has 6 nitrogen and oxygen atoms in total. The van der Waals surface area contributed by atoms with Crippen LogP contribution < -0.4 is 4.74 Å². The minimum atomic E-state index is -0.544. The van der Waals surface area contributed by atoms with E-state index in [0.29, 0.717) is 29.0 Å². The van der Waals surface area contributed by atoms with E-state index >= 15 is 0 Å². The van der Waals surface area contributed by atoms with Crippen LogP contribution in [0.15, 0.2) is 59.9 Å². The van der Waals surface area contributed by atoms with Gasteiger partial charge in [0.1, 0.15) is 11.3 Å². The van der Waals surface area contributed by atoms with Gasteiger partial charge in [-0.15, -0.1) is 0 Å². The summed E-state index contributed by atoms with van der Waals surface area (Å²) < 4.78 is 15.1. The Balaban J connectivity index is 2.46. The molecule has 0 saturated carbocycles. The maximum absolute atomic E-state index is 12.1. The molecule has 0 bridgehead atoms. The summed E-state index contributed by atoms with van der Waals surface area (Å²) in [6.45, 7) is 0.